The number of rotatable bonds is 5. The minimum Gasteiger partial charge on any atom is -0.314 e. The Hall–Kier alpha value is 0.0700. The minimum atomic E-state index is 0. The molecule has 2 atom stereocenters. The van der Waals surface area contributed by atoms with E-state index in [0.29, 0.717) is 12.0 Å². The summed E-state index contributed by atoms with van der Waals surface area (Å²) in [7, 11) is 0. The molecule has 0 amide bonds. The standard InChI is InChI=1S/C16H26N2S.2ClH/c1-4-13(2)16(18-11-9-17-10-12-18)14-5-7-15(19-3)8-6-14;;/h5-8,13,16-17H,4,9-12H2,1-3H3;2*1H/t13?,16-;;/m1../s1. The van der Waals surface area contributed by atoms with Gasteiger partial charge in [-0.25, -0.2) is 0 Å². The molecular weight excluding hydrogens is 323 g/mol. The van der Waals surface area contributed by atoms with Crippen LogP contribution in [0.4, 0.5) is 0 Å². The van der Waals surface area contributed by atoms with E-state index in [1.165, 1.54) is 30.0 Å². The molecule has 1 fully saturated rings. The fourth-order valence-electron chi connectivity index (χ4n) is 2.88. The first-order valence-corrected chi connectivity index (χ1v) is 8.57. The number of nitrogens with one attached hydrogen (secondary N) is 1. The largest absolute Gasteiger partial charge is 0.314 e. The monoisotopic (exact) mass is 350 g/mol. The van der Waals surface area contributed by atoms with Crippen LogP contribution in [0.25, 0.3) is 0 Å². The Morgan fingerprint density at radius 2 is 1.71 bits per heavy atom. The van der Waals surface area contributed by atoms with Crippen LogP contribution in [0.15, 0.2) is 29.2 Å². The summed E-state index contributed by atoms with van der Waals surface area (Å²) in [4.78, 5) is 4.01. The molecule has 0 bridgehead atoms. The minimum absolute atomic E-state index is 0. The zero-order valence-electron chi connectivity index (χ0n) is 13.2. The second-order valence-electron chi connectivity index (χ2n) is 5.39. The molecule has 0 spiro atoms. The lowest BCUT2D eigenvalue weighted by atomic mass is 9.90. The van der Waals surface area contributed by atoms with Gasteiger partial charge in [0.1, 0.15) is 0 Å². The van der Waals surface area contributed by atoms with E-state index in [2.05, 4.69) is 54.6 Å². The number of nitrogens with zero attached hydrogens (tertiary/aromatic N) is 1. The highest BCUT2D eigenvalue weighted by Crippen LogP contribution is 2.31. The predicted molar refractivity (Wildman–Crippen MR) is 99.4 cm³/mol. The molecule has 0 saturated carbocycles. The molecule has 0 aromatic heterocycles. The summed E-state index contributed by atoms with van der Waals surface area (Å²) in [6, 6.07) is 9.74. The van der Waals surface area contributed by atoms with Crippen molar-refractivity contribution in [3.05, 3.63) is 29.8 Å². The molecule has 1 N–H and O–H groups in total. The van der Waals surface area contributed by atoms with E-state index < -0.39 is 0 Å². The quantitative estimate of drug-likeness (QED) is 0.799. The number of halogens is 2. The Labute approximate surface area is 146 Å². The van der Waals surface area contributed by atoms with Crippen LogP contribution < -0.4 is 5.32 Å². The van der Waals surface area contributed by atoms with Crippen LogP contribution in [-0.2, 0) is 0 Å². The first-order valence-electron chi connectivity index (χ1n) is 7.35. The van der Waals surface area contributed by atoms with Gasteiger partial charge in [0.15, 0.2) is 0 Å². The van der Waals surface area contributed by atoms with Gasteiger partial charge in [0.05, 0.1) is 0 Å². The van der Waals surface area contributed by atoms with Gasteiger partial charge in [-0.15, -0.1) is 36.6 Å². The van der Waals surface area contributed by atoms with Crippen LogP contribution in [0.1, 0.15) is 31.9 Å². The van der Waals surface area contributed by atoms with E-state index in [4.69, 9.17) is 0 Å². The molecular formula is C16H28Cl2N2S. The van der Waals surface area contributed by atoms with Crippen molar-refractivity contribution in [2.24, 2.45) is 5.92 Å². The normalized spacial score (nSPS) is 18.2. The van der Waals surface area contributed by atoms with E-state index in [1.54, 1.807) is 0 Å². The summed E-state index contributed by atoms with van der Waals surface area (Å²) in [5.41, 5.74) is 1.48. The average molecular weight is 351 g/mol. The summed E-state index contributed by atoms with van der Waals surface area (Å²) in [5.74, 6) is 0.707. The summed E-state index contributed by atoms with van der Waals surface area (Å²) in [6.45, 7) is 9.26. The number of thioether (sulfide) groups is 1. The highest BCUT2D eigenvalue weighted by Gasteiger charge is 2.26. The topological polar surface area (TPSA) is 15.3 Å². The van der Waals surface area contributed by atoms with Gasteiger partial charge in [-0.3, -0.25) is 4.90 Å². The second kappa shape index (κ2) is 10.7. The molecule has 21 heavy (non-hydrogen) atoms. The summed E-state index contributed by atoms with van der Waals surface area (Å²) < 4.78 is 0. The van der Waals surface area contributed by atoms with Crippen molar-refractivity contribution in [2.45, 2.75) is 31.2 Å². The Morgan fingerprint density at radius 3 is 2.19 bits per heavy atom. The van der Waals surface area contributed by atoms with Crippen molar-refractivity contribution in [1.82, 2.24) is 10.2 Å². The van der Waals surface area contributed by atoms with Gasteiger partial charge in [0.25, 0.3) is 0 Å². The zero-order chi connectivity index (χ0) is 13.7. The third kappa shape index (κ3) is 5.65. The predicted octanol–water partition coefficient (Wildman–Crippen LogP) is 4.24. The van der Waals surface area contributed by atoms with E-state index in [1.807, 2.05) is 11.8 Å². The van der Waals surface area contributed by atoms with Crippen molar-refractivity contribution in [3.8, 4) is 0 Å². The number of piperazine rings is 1. The van der Waals surface area contributed by atoms with Gasteiger partial charge < -0.3 is 5.32 Å². The van der Waals surface area contributed by atoms with Crippen molar-refractivity contribution in [1.29, 1.82) is 0 Å². The van der Waals surface area contributed by atoms with Crippen LogP contribution in [-0.4, -0.2) is 37.3 Å². The fourth-order valence-corrected chi connectivity index (χ4v) is 3.29. The highest BCUT2D eigenvalue weighted by atomic mass is 35.5. The lowest BCUT2D eigenvalue weighted by Crippen LogP contribution is -2.46. The van der Waals surface area contributed by atoms with Crippen molar-refractivity contribution < 1.29 is 0 Å². The van der Waals surface area contributed by atoms with Crippen LogP contribution in [0.2, 0.25) is 0 Å². The molecule has 0 aliphatic carbocycles. The Balaban J connectivity index is 0.00000200. The van der Waals surface area contributed by atoms with E-state index >= 15 is 0 Å². The van der Waals surface area contributed by atoms with Gasteiger partial charge >= 0.3 is 0 Å². The van der Waals surface area contributed by atoms with Gasteiger partial charge in [-0.05, 0) is 29.9 Å². The number of benzene rings is 1. The van der Waals surface area contributed by atoms with Crippen molar-refractivity contribution in [3.63, 3.8) is 0 Å². The number of hydrogen-bond acceptors (Lipinski definition) is 3. The summed E-state index contributed by atoms with van der Waals surface area (Å²) >= 11 is 1.82. The van der Waals surface area contributed by atoms with Crippen LogP contribution >= 0.6 is 36.6 Å². The maximum atomic E-state index is 3.45. The van der Waals surface area contributed by atoms with Gasteiger partial charge in [0.2, 0.25) is 0 Å². The molecule has 1 saturated heterocycles. The van der Waals surface area contributed by atoms with E-state index in [-0.39, 0.29) is 24.8 Å². The van der Waals surface area contributed by atoms with E-state index in [0.717, 1.165) is 13.1 Å². The Bertz CT molecular complexity index is 380. The third-order valence-corrected chi connectivity index (χ3v) is 4.93. The fraction of sp³-hybridized carbons (Fsp3) is 0.625. The van der Waals surface area contributed by atoms with Crippen molar-refractivity contribution >= 4 is 36.6 Å². The SMILES string of the molecule is CCC(C)[C@H](c1ccc(SC)cc1)N1CCNCC1.Cl.Cl. The van der Waals surface area contributed by atoms with E-state index in [9.17, 15) is 0 Å². The van der Waals surface area contributed by atoms with Crippen LogP contribution in [0.3, 0.4) is 0 Å². The molecule has 122 valence electrons. The molecule has 2 nitrogen and oxygen atoms in total. The Kier molecular flexibility index (Phi) is 10.8. The second-order valence-corrected chi connectivity index (χ2v) is 6.27. The highest BCUT2D eigenvalue weighted by molar-refractivity contribution is 7.98. The van der Waals surface area contributed by atoms with Gasteiger partial charge in [0, 0.05) is 37.1 Å². The molecule has 1 heterocycles. The van der Waals surface area contributed by atoms with Crippen molar-refractivity contribution in [2.75, 3.05) is 32.4 Å². The average Bonchev–Trinajstić information content (AvgIpc) is 2.49. The number of hydrogen-bond donors (Lipinski definition) is 1. The lowest BCUT2D eigenvalue weighted by Gasteiger charge is -2.38. The maximum Gasteiger partial charge on any atom is 0.0374 e. The Morgan fingerprint density at radius 1 is 1.14 bits per heavy atom. The first kappa shape index (κ1) is 21.1. The first-order chi connectivity index (χ1) is 9.26. The molecule has 5 heteroatoms. The molecule has 1 aromatic rings. The lowest BCUT2D eigenvalue weighted by molar-refractivity contribution is 0.128. The molecule has 1 unspecified atom stereocenters. The molecule has 1 aliphatic heterocycles. The summed E-state index contributed by atoms with van der Waals surface area (Å²) in [6.07, 6.45) is 3.37. The molecule has 1 aliphatic rings. The zero-order valence-corrected chi connectivity index (χ0v) is 15.6. The molecule has 2 rings (SSSR count). The maximum absolute atomic E-state index is 3.45. The molecule has 1 aromatic carbocycles. The van der Waals surface area contributed by atoms with Gasteiger partial charge in [-0.1, -0.05) is 32.4 Å². The molecule has 0 radical (unpaired) electrons. The van der Waals surface area contributed by atoms with Crippen LogP contribution in [0.5, 0.6) is 0 Å². The van der Waals surface area contributed by atoms with Crippen LogP contribution in [0, 0.1) is 5.92 Å². The van der Waals surface area contributed by atoms with Gasteiger partial charge in [-0.2, -0.15) is 0 Å². The third-order valence-electron chi connectivity index (χ3n) is 4.19. The smallest absolute Gasteiger partial charge is 0.0374 e. The summed E-state index contributed by atoms with van der Waals surface area (Å²) in [5, 5.41) is 3.45.